The molecule has 0 saturated carbocycles. The van der Waals surface area contributed by atoms with Gasteiger partial charge in [0.1, 0.15) is 0 Å². The fourth-order valence-electron chi connectivity index (χ4n) is 2.87. The molecule has 1 fully saturated rings. The number of anilines is 1. The van der Waals surface area contributed by atoms with E-state index in [9.17, 15) is 14.4 Å². The number of nitrogens with one attached hydrogen (secondary N) is 2. The van der Waals surface area contributed by atoms with Crippen LogP contribution in [0.4, 0.5) is 10.5 Å². The van der Waals surface area contributed by atoms with Gasteiger partial charge >= 0.3 is 6.09 Å². The summed E-state index contributed by atoms with van der Waals surface area (Å²) in [7, 11) is 0. The molecule has 1 heterocycles. The number of hydrogen-bond acceptors (Lipinski definition) is 4. The third-order valence-corrected chi connectivity index (χ3v) is 4.35. The average molecular weight is 373 g/mol. The van der Waals surface area contributed by atoms with Gasteiger partial charge in [0.25, 0.3) is 0 Å². The highest BCUT2D eigenvalue weighted by atomic mass is 16.6. The second-order valence-electron chi connectivity index (χ2n) is 6.80. The SMILES string of the molecule is C=CC(=O)N1CCC(C(=O)Nc2ccc(CNC(=O)OC(C)C)cc2)CC1. The number of amides is 3. The zero-order chi connectivity index (χ0) is 19.8. The number of piperidine rings is 1. The molecule has 1 aliphatic heterocycles. The van der Waals surface area contributed by atoms with Gasteiger partial charge in [0.2, 0.25) is 11.8 Å². The molecule has 1 saturated heterocycles. The van der Waals surface area contributed by atoms with Crippen LogP contribution in [0.1, 0.15) is 32.3 Å². The first-order valence-corrected chi connectivity index (χ1v) is 9.14. The van der Waals surface area contributed by atoms with Gasteiger partial charge in [-0.05, 0) is 50.5 Å². The summed E-state index contributed by atoms with van der Waals surface area (Å²) >= 11 is 0. The summed E-state index contributed by atoms with van der Waals surface area (Å²) < 4.78 is 5.01. The molecule has 0 spiro atoms. The predicted molar refractivity (Wildman–Crippen MR) is 103 cm³/mol. The van der Waals surface area contributed by atoms with Crippen molar-refractivity contribution in [2.24, 2.45) is 5.92 Å². The molecule has 0 aliphatic carbocycles. The fraction of sp³-hybridized carbons (Fsp3) is 0.450. The highest BCUT2D eigenvalue weighted by Gasteiger charge is 2.26. The van der Waals surface area contributed by atoms with Gasteiger partial charge in [-0.25, -0.2) is 4.79 Å². The highest BCUT2D eigenvalue weighted by Crippen LogP contribution is 2.20. The number of ether oxygens (including phenoxy) is 1. The minimum absolute atomic E-state index is 0.0351. The zero-order valence-corrected chi connectivity index (χ0v) is 15.9. The Hall–Kier alpha value is -2.83. The van der Waals surface area contributed by atoms with Crippen molar-refractivity contribution in [1.82, 2.24) is 10.2 Å². The van der Waals surface area contributed by atoms with E-state index in [0.717, 1.165) is 5.56 Å². The summed E-state index contributed by atoms with van der Waals surface area (Å²) in [6, 6.07) is 7.30. The molecule has 7 nitrogen and oxygen atoms in total. The van der Waals surface area contributed by atoms with E-state index in [2.05, 4.69) is 17.2 Å². The van der Waals surface area contributed by atoms with Crippen molar-refractivity contribution in [2.45, 2.75) is 39.3 Å². The van der Waals surface area contributed by atoms with Gasteiger partial charge < -0.3 is 20.3 Å². The van der Waals surface area contributed by atoms with Crippen LogP contribution < -0.4 is 10.6 Å². The minimum atomic E-state index is -0.455. The second-order valence-corrected chi connectivity index (χ2v) is 6.80. The number of alkyl carbamates (subject to hydrolysis) is 1. The van der Waals surface area contributed by atoms with Gasteiger partial charge in [-0.2, -0.15) is 0 Å². The number of benzene rings is 1. The molecular formula is C20H27N3O4. The van der Waals surface area contributed by atoms with Crippen LogP contribution in [0.15, 0.2) is 36.9 Å². The number of nitrogens with zero attached hydrogens (tertiary/aromatic N) is 1. The Morgan fingerprint density at radius 3 is 2.41 bits per heavy atom. The molecule has 7 heteroatoms. The maximum Gasteiger partial charge on any atom is 0.407 e. The van der Waals surface area contributed by atoms with Crippen LogP contribution in [0.5, 0.6) is 0 Å². The number of hydrogen-bond donors (Lipinski definition) is 2. The third kappa shape index (κ3) is 6.44. The van der Waals surface area contributed by atoms with E-state index in [1.807, 2.05) is 12.1 Å². The molecule has 1 aliphatic rings. The van der Waals surface area contributed by atoms with E-state index in [1.54, 1.807) is 30.9 Å². The second kappa shape index (κ2) is 9.75. The molecular weight excluding hydrogens is 346 g/mol. The lowest BCUT2D eigenvalue weighted by Gasteiger charge is -2.30. The largest absolute Gasteiger partial charge is 0.447 e. The van der Waals surface area contributed by atoms with Gasteiger partial charge in [-0.15, -0.1) is 0 Å². The Labute approximate surface area is 159 Å². The van der Waals surface area contributed by atoms with E-state index < -0.39 is 6.09 Å². The Bertz CT molecular complexity index is 677. The molecule has 3 amide bonds. The molecule has 27 heavy (non-hydrogen) atoms. The number of carbonyl (C=O) groups excluding carboxylic acids is 3. The highest BCUT2D eigenvalue weighted by molar-refractivity contribution is 5.93. The lowest BCUT2D eigenvalue weighted by Crippen LogP contribution is -2.40. The van der Waals surface area contributed by atoms with Crippen molar-refractivity contribution in [2.75, 3.05) is 18.4 Å². The monoisotopic (exact) mass is 373 g/mol. The molecule has 0 atom stereocenters. The Morgan fingerprint density at radius 1 is 1.22 bits per heavy atom. The molecule has 2 N–H and O–H groups in total. The maximum atomic E-state index is 12.4. The molecule has 0 radical (unpaired) electrons. The topological polar surface area (TPSA) is 87.7 Å². The van der Waals surface area contributed by atoms with Gasteiger partial charge in [-0.1, -0.05) is 18.7 Å². The summed E-state index contributed by atoms with van der Waals surface area (Å²) in [4.78, 5) is 37.2. The Morgan fingerprint density at radius 2 is 1.85 bits per heavy atom. The molecule has 146 valence electrons. The summed E-state index contributed by atoms with van der Waals surface area (Å²) in [5.74, 6) is -0.228. The van der Waals surface area contributed by atoms with Crippen LogP contribution >= 0.6 is 0 Å². The number of likely N-dealkylation sites (tertiary alicyclic amines) is 1. The predicted octanol–water partition coefficient (Wildman–Crippen LogP) is 2.68. The van der Waals surface area contributed by atoms with E-state index in [-0.39, 0.29) is 23.8 Å². The fourth-order valence-corrected chi connectivity index (χ4v) is 2.87. The van der Waals surface area contributed by atoms with Crippen LogP contribution in [0.25, 0.3) is 0 Å². The van der Waals surface area contributed by atoms with E-state index in [4.69, 9.17) is 4.74 Å². The van der Waals surface area contributed by atoms with Crippen molar-refractivity contribution in [3.05, 3.63) is 42.5 Å². The first-order valence-electron chi connectivity index (χ1n) is 9.14. The van der Waals surface area contributed by atoms with Crippen LogP contribution in [0, 0.1) is 5.92 Å². The van der Waals surface area contributed by atoms with Gasteiger partial charge in [0.15, 0.2) is 0 Å². The van der Waals surface area contributed by atoms with Gasteiger partial charge in [0.05, 0.1) is 6.10 Å². The van der Waals surface area contributed by atoms with Gasteiger partial charge in [-0.3, -0.25) is 9.59 Å². The summed E-state index contributed by atoms with van der Waals surface area (Å²) in [5.41, 5.74) is 1.61. The van der Waals surface area contributed by atoms with E-state index in [1.165, 1.54) is 6.08 Å². The smallest absolute Gasteiger partial charge is 0.407 e. The first-order chi connectivity index (χ1) is 12.9. The molecule has 0 bridgehead atoms. The van der Waals surface area contributed by atoms with Crippen molar-refractivity contribution in [3.8, 4) is 0 Å². The molecule has 0 unspecified atom stereocenters. The normalized spacial score (nSPS) is 14.6. The van der Waals surface area contributed by atoms with Crippen molar-refractivity contribution in [1.29, 1.82) is 0 Å². The molecule has 1 aromatic rings. The third-order valence-electron chi connectivity index (χ3n) is 4.35. The van der Waals surface area contributed by atoms with Crippen LogP contribution in [0.2, 0.25) is 0 Å². The van der Waals surface area contributed by atoms with Crippen LogP contribution in [-0.4, -0.2) is 42.0 Å². The summed E-state index contributed by atoms with van der Waals surface area (Å²) in [6.45, 7) is 8.56. The first kappa shape index (κ1) is 20.5. The van der Waals surface area contributed by atoms with Crippen LogP contribution in [-0.2, 0) is 20.9 Å². The Balaban J connectivity index is 1.79. The van der Waals surface area contributed by atoms with Crippen molar-refractivity contribution in [3.63, 3.8) is 0 Å². The minimum Gasteiger partial charge on any atom is -0.447 e. The molecule has 2 rings (SSSR count). The van der Waals surface area contributed by atoms with E-state index in [0.29, 0.717) is 38.2 Å². The lowest BCUT2D eigenvalue weighted by molar-refractivity contribution is -0.130. The summed E-state index contributed by atoms with van der Waals surface area (Å²) in [6.07, 6.45) is 1.98. The zero-order valence-electron chi connectivity index (χ0n) is 15.9. The average Bonchev–Trinajstić information content (AvgIpc) is 2.66. The number of rotatable bonds is 6. The molecule has 0 aromatic heterocycles. The number of carbonyl (C=O) groups is 3. The van der Waals surface area contributed by atoms with Gasteiger partial charge in [0, 0.05) is 31.2 Å². The standard InChI is InChI=1S/C20H27N3O4/c1-4-18(24)23-11-9-16(10-12-23)19(25)22-17-7-5-15(6-8-17)13-21-20(26)27-14(2)3/h4-8,14,16H,1,9-13H2,2-3H3,(H,21,26)(H,22,25). The van der Waals surface area contributed by atoms with Crippen molar-refractivity contribution >= 4 is 23.6 Å². The van der Waals surface area contributed by atoms with Crippen molar-refractivity contribution < 1.29 is 19.1 Å². The Kier molecular flexibility index (Phi) is 7.40. The lowest BCUT2D eigenvalue weighted by atomic mass is 9.95. The quantitative estimate of drug-likeness (QED) is 0.751. The van der Waals surface area contributed by atoms with E-state index >= 15 is 0 Å². The maximum absolute atomic E-state index is 12.4. The van der Waals surface area contributed by atoms with Crippen LogP contribution in [0.3, 0.4) is 0 Å². The summed E-state index contributed by atoms with van der Waals surface area (Å²) in [5, 5.41) is 5.59. The molecule has 1 aromatic carbocycles.